The maximum absolute atomic E-state index is 12.2. The topological polar surface area (TPSA) is 61.8 Å². The Morgan fingerprint density at radius 1 is 1.40 bits per heavy atom. The van der Waals surface area contributed by atoms with Crippen LogP contribution in [-0.2, 0) is 0 Å². The number of nitrogens with one attached hydrogen (secondary N) is 1. The molecule has 0 aliphatic rings. The summed E-state index contributed by atoms with van der Waals surface area (Å²) in [5, 5.41) is 11.9. The molecule has 0 saturated heterocycles. The fourth-order valence-corrected chi connectivity index (χ4v) is 1.85. The number of benzene rings is 1. The van der Waals surface area contributed by atoms with Crippen molar-refractivity contribution in [3.63, 3.8) is 0 Å². The highest BCUT2D eigenvalue weighted by atomic mass is 16.5. The van der Waals surface area contributed by atoms with Gasteiger partial charge in [0.15, 0.2) is 0 Å². The number of ether oxygens (including phenoxy) is 1. The standard InChI is InChI=1S/C15H24N2O3/c1-15(2,3)11-17(8-9-18)14(19)16-12-6-5-7-13(10-12)20-4/h5-7,10,18H,8-9,11H2,1-4H3,(H,16,19). The van der Waals surface area contributed by atoms with Crippen molar-refractivity contribution in [3.05, 3.63) is 24.3 Å². The molecular formula is C15H24N2O3. The van der Waals surface area contributed by atoms with Gasteiger partial charge in [-0.05, 0) is 17.5 Å². The van der Waals surface area contributed by atoms with E-state index in [-0.39, 0.29) is 18.1 Å². The molecule has 5 heteroatoms. The summed E-state index contributed by atoms with van der Waals surface area (Å²) in [5.74, 6) is 0.687. The molecule has 0 radical (unpaired) electrons. The van der Waals surface area contributed by atoms with Crippen molar-refractivity contribution in [1.82, 2.24) is 4.90 Å². The van der Waals surface area contributed by atoms with E-state index >= 15 is 0 Å². The lowest BCUT2D eigenvalue weighted by molar-refractivity contribution is 0.162. The molecule has 112 valence electrons. The fraction of sp³-hybridized carbons (Fsp3) is 0.533. The monoisotopic (exact) mass is 280 g/mol. The molecule has 2 amide bonds. The molecule has 0 atom stereocenters. The molecular weight excluding hydrogens is 256 g/mol. The Bertz CT molecular complexity index is 441. The number of carbonyl (C=O) groups excluding carboxylic acids is 1. The zero-order valence-electron chi connectivity index (χ0n) is 12.6. The predicted molar refractivity (Wildman–Crippen MR) is 80.1 cm³/mol. The third-order valence-corrected chi connectivity index (χ3v) is 2.64. The number of hydrogen-bond donors (Lipinski definition) is 2. The Labute approximate surface area is 120 Å². The van der Waals surface area contributed by atoms with E-state index in [4.69, 9.17) is 9.84 Å². The van der Waals surface area contributed by atoms with Crippen LogP contribution in [0.5, 0.6) is 5.75 Å². The molecule has 20 heavy (non-hydrogen) atoms. The van der Waals surface area contributed by atoms with Gasteiger partial charge < -0.3 is 20.1 Å². The van der Waals surface area contributed by atoms with E-state index in [0.29, 0.717) is 24.5 Å². The summed E-state index contributed by atoms with van der Waals surface area (Å²) < 4.78 is 5.12. The van der Waals surface area contributed by atoms with E-state index in [2.05, 4.69) is 26.1 Å². The average Bonchev–Trinajstić information content (AvgIpc) is 2.37. The summed E-state index contributed by atoms with van der Waals surface area (Å²) >= 11 is 0. The summed E-state index contributed by atoms with van der Waals surface area (Å²) in [7, 11) is 1.58. The van der Waals surface area contributed by atoms with E-state index in [1.807, 2.05) is 12.1 Å². The number of anilines is 1. The van der Waals surface area contributed by atoms with Crippen molar-refractivity contribution in [2.75, 3.05) is 32.1 Å². The van der Waals surface area contributed by atoms with Crippen molar-refractivity contribution in [2.45, 2.75) is 20.8 Å². The molecule has 5 nitrogen and oxygen atoms in total. The molecule has 0 aliphatic heterocycles. The first kappa shape index (κ1) is 16.3. The highest BCUT2D eigenvalue weighted by molar-refractivity contribution is 5.89. The third-order valence-electron chi connectivity index (χ3n) is 2.64. The number of aliphatic hydroxyl groups excluding tert-OH is 1. The van der Waals surface area contributed by atoms with Crippen LogP contribution in [0.15, 0.2) is 24.3 Å². The van der Waals surface area contributed by atoms with Gasteiger partial charge in [-0.15, -0.1) is 0 Å². The second kappa shape index (κ2) is 7.14. The van der Waals surface area contributed by atoms with E-state index in [1.54, 1.807) is 24.1 Å². The van der Waals surface area contributed by atoms with Gasteiger partial charge in [-0.2, -0.15) is 0 Å². The van der Waals surface area contributed by atoms with Gasteiger partial charge in [-0.1, -0.05) is 26.8 Å². The minimum absolute atomic E-state index is 0.0269. The number of methoxy groups -OCH3 is 1. The minimum Gasteiger partial charge on any atom is -0.497 e. The van der Waals surface area contributed by atoms with Gasteiger partial charge in [0.05, 0.1) is 13.7 Å². The van der Waals surface area contributed by atoms with Gasteiger partial charge in [-0.25, -0.2) is 4.79 Å². The Kier molecular flexibility index (Phi) is 5.82. The summed E-state index contributed by atoms with van der Waals surface area (Å²) in [6, 6.07) is 6.97. The van der Waals surface area contributed by atoms with Crippen LogP contribution in [0.25, 0.3) is 0 Å². The lowest BCUT2D eigenvalue weighted by atomic mass is 9.96. The van der Waals surface area contributed by atoms with Crippen molar-refractivity contribution in [2.24, 2.45) is 5.41 Å². The van der Waals surface area contributed by atoms with Gasteiger partial charge in [-0.3, -0.25) is 0 Å². The minimum atomic E-state index is -0.220. The van der Waals surface area contributed by atoms with Crippen LogP contribution in [0.2, 0.25) is 0 Å². The maximum Gasteiger partial charge on any atom is 0.321 e. The Hall–Kier alpha value is -1.75. The fourth-order valence-electron chi connectivity index (χ4n) is 1.85. The van der Waals surface area contributed by atoms with E-state index in [1.165, 1.54) is 0 Å². The van der Waals surface area contributed by atoms with E-state index in [9.17, 15) is 4.79 Å². The number of amides is 2. The van der Waals surface area contributed by atoms with Crippen LogP contribution in [0.3, 0.4) is 0 Å². The lowest BCUT2D eigenvalue weighted by Gasteiger charge is -2.29. The van der Waals surface area contributed by atoms with E-state index < -0.39 is 0 Å². The zero-order valence-corrected chi connectivity index (χ0v) is 12.6. The first-order chi connectivity index (χ1) is 9.35. The van der Waals surface area contributed by atoms with Crippen molar-refractivity contribution >= 4 is 11.7 Å². The Morgan fingerprint density at radius 2 is 2.10 bits per heavy atom. The van der Waals surface area contributed by atoms with Crippen LogP contribution >= 0.6 is 0 Å². The lowest BCUT2D eigenvalue weighted by Crippen LogP contribution is -2.42. The smallest absolute Gasteiger partial charge is 0.321 e. The number of nitrogens with zero attached hydrogens (tertiary/aromatic N) is 1. The van der Waals surface area contributed by atoms with Gasteiger partial charge >= 0.3 is 6.03 Å². The molecule has 0 fully saturated rings. The zero-order chi connectivity index (χ0) is 15.2. The molecule has 2 N–H and O–H groups in total. The van der Waals surface area contributed by atoms with Crippen LogP contribution in [0.4, 0.5) is 10.5 Å². The first-order valence-electron chi connectivity index (χ1n) is 6.66. The molecule has 0 spiro atoms. The summed E-state index contributed by atoms with van der Waals surface area (Å²) in [6.07, 6.45) is 0. The number of urea groups is 1. The van der Waals surface area contributed by atoms with Gasteiger partial charge in [0, 0.05) is 24.8 Å². The molecule has 0 aromatic heterocycles. The summed E-state index contributed by atoms with van der Waals surface area (Å²) in [4.78, 5) is 13.9. The van der Waals surface area contributed by atoms with Crippen molar-refractivity contribution in [3.8, 4) is 5.75 Å². The largest absolute Gasteiger partial charge is 0.497 e. The predicted octanol–water partition coefficient (Wildman–Crippen LogP) is 2.57. The summed E-state index contributed by atoms with van der Waals surface area (Å²) in [6.45, 7) is 6.99. The molecule has 0 unspecified atom stereocenters. The Morgan fingerprint density at radius 3 is 2.65 bits per heavy atom. The SMILES string of the molecule is COc1cccc(NC(=O)N(CCO)CC(C)(C)C)c1. The molecule has 0 saturated carbocycles. The van der Waals surface area contributed by atoms with Gasteiger partial charge in [0.1, 0.15) is 5.75 Å². The molecule has 0 bridgehead atoms. The first-order valence-corrected chi connectivity index (χ1v) is 6.66. The van der Waals surface area contributed by atoms with Crippen molar-refractivity contribution in [1.29, 1.82) is 0 Å². The van der Waals surface area contributed by atoms with E-state index in [0.717, 1.165) is 0 Å². The number of rotatable bonds is 5. The number of aliphatic hydroxyl groups is 1. The summed E-state index contributed by atoms with van der Waals surface area (Å²) in [5.41, 5.74) is 0.646. The average molecular weight is 280 g/mol. The number of carbonyl (C=O) groups is 1. The van der Waals surface area contributed by atoms with Crippen molar-refractivity contribution < 1.29 is 14.6 Å². The third kappa shape index (κ3) is 5.48. The highest BCUT2D eigenvalue weighted by Gasteiger charge is 2.20. The molecule has 1 rings (SSSR count). The molecule has 0 aliphatic carbocycles. The molecule has 1 aromatic carbocycles. The second-order valence-electron chi connectivity index (χ2n) is 5.87. The van der Waals surface area contributed by atoms with Crippen LogP contribution < -0.4 is 10.1 Å². The molecule has 1 aromatic rings. The molecule has 0 heterocycles. The van der Waals surface area contributed by atoms with Crippen LogP contribution in [0.1, 0.15) is 20.8 Å². The van der Waals surface area contributed by atoms with Crippen LogP contribution in [0, 0.1) is 5.41 Å². The number of hydrogen-bond acceptors (Lipinski definition) is 3. The normalized spacial score (nSPS) is 11.1. The van der Waals surface area contributed by atoms with Gasteiger partial charge in [0.25, 0.3) is 0 Å². The maximum atomic E-state index is 12.2. The van der Waals surface area contributed by atoms with Gasteiger partial charge in [0.2, 0.25) is 0 Å². The quantitative estimate of drug-likeness (QED) is 0.871. The Balaban J connectivity index is 2.74. The van der Waals surface area contributed by atoms with Crippen LogP contribution in [-0.4, -0.2) is 42.8 Å². The highest BCUT2D eigenvalue weighted by Crippen LogP contribution is 2.19. The second-order valence-corrected chi connectivity index (χ2v) is 5.87.